The molecule has 0 bridgehead atoms. The molecule has 2 fully saturated rings. The van der Waals surface area contributed by atoms with Gasteiger partial charge in [0.25, 0.3) is 0 Å². The Bertz CT molecular complexity index is 1180. The summed E-state index contributed by atoms with van der Waals surface area (Å²) in [5.41, 5.74) is 10.4. The molecule has 2 atom stereocenters. The third-order valence-corrected chi connectivity index (χ3v) is 6.68. The summed E-state index contributed by atoms with van der Waals surface area (Å²) in [6.45, 7) is 3.21. The van der Waals surface area contributed by atoms with E-state index in [9.17, 15) is 14.3 Å². The highest BCUT2D eigenvalue weighted by molar-refractivity contribution is 5.81. The van der Waals surface area contributed by atoms with Crippen molar-refractivity contribution >= 4 is 17.7 Å². The molecule has 7 heteroatoms. The summed E-state index contributed by atoms with van der Waals surface area (Å²) >= 11 is 0. The van der Waals surface area contributed by atoms with E-state index >= 15 is 0 Å². The molecule has 37 heavy (non-hydrogen) atoms. The van der Waals surface area contributed by atoms with Gasteiger partial charge in [-0.15, -0.1) is 0 Å². The zero-order valence-corrected chi connectivity index (χ0v) is 21.5. The summed E-state index contributed by atoms with van der Waals surface area (Å²) in [6, 6.07) is 14.6. The number of pyridine rings is 1. The molecule has 196 valence electrons. The lowest BCUT2D eigenvalue weighted by Gasteiger charge is -2.10. The molecule has 0 amide bonds. The predicted molar refractivity (Wildman–Crippen MR) is 147 cm³/mol. The number of ether oxygens (including phenoxy) is 1. The van der Waals surface area contributed by atoms with E-state index < -0.39 is 0 Å². The van der Waals surface area contributed by atoms with Crippen molar-refractivity contribution in [2.45, 2.75) is 45.3 Å². The molecule has 1 aliphatic heterocycles. The summed E-state index contributed by atoms with van der Waals surface area (Å²) in [7, 11) is 1.67. The molecule has 6 nitrogen and oxygen atoms in total. The third kappa shape index (κ3) is 7.71. The van der Waals surface area contributed by atoms with E-state index in [0.29, 0.717) is 23.9 Å². The van der Waals surface area contributed by atoms with Crippen LogP contribution in [0.25, 0.3) is 16.9 Å². The highest BCUT2D eigenvalue weighted by Crippen LogP contribution is 2.35. The minimum atomic E-state index is -0.319. The van der Waals surface area contributed by atoms with Crippen molar-refractivity contribution < 1.29 is 19.0 Å². The number of carbonyl (C=O) groups excluding carboxylic acids is 1. The molecule has 1 aromatic heterocycles. The maximum absolute atomic E-state index is 12.5. The summed E-state index contributed by atoms with van der Waals surface area (Å²) in [5, 5.41) is 12.5. The first-order chi connectivity index (χ1) is 18.0. The van der Waals surface area contributed by atoms with Crippen molar-refractivity contribution in [3.8, 4) is 11.1 Å². The molecule has 1 saturated heterocycles. The largest absolute Gasteiger partial charge is 0.508 e. The van der Waals surface area contributed by atoms with Crippen molar-refractivity contribution in [3.05, 3.63) is 89.5 Å². The van der Waals surface area contributed by atoms with Crippen LogP contribution in [0.5, 0.6) is 0 Å². The van der Waals surface area contributed by atoms with E-state index in [2.05, 4.69) is 10.3 Å². The van der Waals surface area contributed by atoms with Crippen LogP contribution >= 0.6 is 0 Å². The molecule has 0 radical (unpaired) electrons. The number of hydrogen-bond donors (Lipinski definition) is 3. The number of aliphatic hydroxyl groups excluding tert-OH is 1. The smallest absolute Gasteiger partial charge is 0.164 e. The first-order valence-corrected chi connectivity index (χ1v) is 12.6. The van der Waals surface area contributed by atoms with Gasteiger partial charge in [-0.05, 0) is 73.1 Å². The topological polar surface area (TPSA) is 97.5 Å². The van der Waals surface area contributed by atoms with Crippen molar-refractivity contribution in [1.29, 1.82) is 0 Å². The number of aliphatic hydroxyl groups is 1. The Labute approximate surface area is 218 Å². The van der Waals surface area contributed by atoms with E-state index in [0.717, 1.165) is 41.1 Å². The maximum atomic E-state index is 12.5. The number of nitrogens with one attached hydrogen (secondary N) is 1. The van der Waals surface area contributed by atoms with Crippen molar-refractivity contribution in [3.63, 3.8) is 0 Å². The Balaban J connectivity index is 0.000000182. The number of halogens is 1. The van der Waals surface area contributed by atoms with E-state index in [1.165, 1.54) is 38.1 Å². The summed E-state index contributed by atoms with van der Waals surface area (Å²) < 4.78 is 17.9. The second-order valence-electron chi connectivity index (χ2n) is 8.99. The van der Waals surface area contributed by atoms with Gasteiger partial charge in [0.2, 0.25) is 0 Å². The normalized spacial score (nSPS) is 18.1. The molecular weight excluding hydrogens is 469 g/mol. The third-order valence-electron chi connectivity index (χ3n) is 6.68. The number of nitrogens with zero attached hydrogens (tertiary/aromatic N) is 1. The van der Waals surface area contributed by atoms with E-state index in [4.69, 9.17) is 10.5 Å². The van der Waals surface area contributed by atoms with Crippen LogP contribution in [-0.4, -0.2) is 36.1 Å². The quantitative estimate of drug-likeness (QED) is 0.275. The second-order valence-corrected chi connectivity index (χ2v) is 8.99. The maximum Gasteiger partial charge on any atom is 0.164 e. The highest BCUT2D eigenvalue weighted by atomic mass is 19.1. The molecule has 2 unspecified atom stereocenters. The number of aromatic nitrogens is 1. The zero-order chi connectivity index (χ0) is 26.6. The number of rotatable bonds is 5. The minimum absolute atomic E-state index is 0.229. The van der Waals surface area contributed by atoms with Crippen LogP contribution in [-0.2, 0) is 11.3 Å². The van der Waals surface area contributed by atoms with Crippen LogP contribution in [0.1, 0.15) is 54.1 Å². The van der Waals surface area contributed by atoms with Gasteiger partial charge >= 0.3 is 0 Å². The van der Waals surface area contributed by atoms with Crippen molar-refractivity contribution in [1.82, 2.24) is 4.98 Å². The number of allylic oxidation sites excluding steroid dienone is 1. The molecule has 4 N–H and O–H groups in total. The van der Waals surface area contributed by atoms with Crippen LogP contribution in [0.2, 0.25) is 0 Å². The van der Waals surface area contributed by atoms with Gasteiger partial charge in [0.1, 0.15) is 12.0 Å². The number of anilines is 1. The lowest BCUT2D eigenvalue weighted by atomic mass is 9.96. The Morgan fingerprint density at radius 3 is 2.70 bits per heavy atom. The molecule has 2 aliphatic rings. The Morgan fingerprint density at radius 2 is 2.05 bits per heavy atom. The number of nitrogens with two attached hydrogens (primary N) is 1. The van der Waals surface area contributed by atoms with Gasteiger partial charge in [-0.25, -0.2) is 4.39 Å². The fraction of sp³-hybridized carbons (Fsp3) is 0.333. The van der Waals surface area contributed by atoms with Gasteiger partial charge in [-0.2, -0.15) is 0 Å². The average Bonchev–Trinajstić information content (AvgIpc) is 3.59. The number of aldehydes is 1. The van der Waals surface area contributed by atoms with Crippen LogP contribution < -0.4 is 11.1 Å². The summed E-state index contributed by atoms with van der Waals surface area (Å²) in [4.78, 5) is 14.5. The van der Waals surface area contributed by atoms with Gasteiger partial charge < -0.3 is 20.9 Å². The predicted octanol–water partition coefficient (Wildman–Crippen LogP) is 6.38. The molecule has 2 heterocycles. The molecule has 5 rings (SSSR count). The molecule has 1 aliphatic carbocycles. The Morgan fingerprint density at radius 1 is 1.22 bits per heavy atom. The monoisotopic (exact) mass is 505 g/mol. The van der Waals surface area contributed by atoms with Gasteiger partial charge in [0.15, 0.2) is 5.82 Å². The number of carbonyl (C=O) groups is 1. The summed E-state index contributed by atoms with van der Waals surface area (Å²) in [6.07, 6.45) is 11.4. The molecule has 0 spiro atoms. The highest BCUT2D eigenvalue weighted by Gasteiger charge is 2.31. The molecule has 3 aromatic rings. The fourth-order valence-electron chi connectivity index (χ4n) is 4.63. The van der Waals surface area contributed by atoms with Gasteiger partial charge in [0, 0.05) is 37.5 Å². The Kier molecular flexibility index (Phi) is 10.8. The first-order valence-electron chi connectivity index (χ1n) is 12.6. The fourth-order valence-corrected chi connectivity index (χ4v) is 4.63. The first kappa shape index (κ1) is 28.0. The van der Waals surface area contributed by atoms with E-state index in [1.807, 2.05) is 36.4 Å². The van der Waals surface area contributed by atoms with Crippen molar-refractivity contribution in [2.75, 3.05) is 19.0 Å². The zero-order valence-electron chi connectivity index (χ0n) is 21.5. The van der Waals surface area contributed by atoms with Crippen LogP contribution in [0.3, 0.4) is 0 Å². The summed E-state index contributed by atoms with van der Waals surface area (Å²) in [5.74, 6) is 0.864. The van der Waals surface area contributed by atoms with Crippen LogP contribution in [0, 0.1) is 11.7 Å². The molecule has 2 aromatic carbocycles. The molecular formula is C30H36FN3O3. The molecule has 1 saturated carbocycles. The average molecular weight is 506 g/mol. The number of hydrogen-bond acceptors (Lipinski definition) is 6. The lowest BCUT2D eigenvalue weighted by molar-refractivity contribution is 0.103. The number of benzene rings is 2. The lowest BCUT2D eigenvalue weighted by Crippen LogP contribution is -2.06. The van der Waals surface area contributed by atoms with Gasteiger partial charge in [-0.1, -0.05) is 36.8 Å². The number of fused-ring (bicyclic) bond motifs is 1. The van der Waals surface area contributed by atoms with E-state index in [1.54, 1.807) is 32.2 Å². The van der Waals surface area contributed by atoms with Crippen molar-refractivity contribution in [2.24, 2.45) is 11.7 Å². The van der Waals surface area contributed by atoms with Gasteiger partial charge in [0.05, 0.1) is 18.0 Å². The minimum Gasteiger partial charge on any atom is -0.508 e. The Hall–Kier alpha value is -3.55. The van der Waals surface area contributed by atoms with Crippen LogP contribution in [0.4, 0.5) is 10.1 Å². The second kappa shape index (κ2) is 14.3. The SMILES string of the molecule is C/C=C(/O)c1cccc(-c2cc(C=O)ccc2CN)c1.C1CC2CCOC2C1.CNc1ccncc1F. The standard InChI is InChI=1S/C17H17NO2.C7H12O.C6H7FN2/c1-2-17(20)14-5-3-4-13(9-14)16-8-12(11-19)6-7-15(16)10-18;1-2-6-4-5-8-7(6)3-1;1-8-6-2-3-9-4-5(6)7/h2-9,11,20H,10,18H2,1H3;6-7H,1-5H2;2-4H,1H3,(H,8,9)/b17-2+;;. The van der Waals surface area contributed by atoms with E-state index in [-0.39, 0.29) is 11.6 Å². The van der Waals surface area contributed by atoms with Crippen LogP contribution in [0.15, 0.2) is 67.0 Å². The van der Waals surface area contributed by atoms with Gasteiger partial charge in [-0.3, -0.25) is 9.78 Å².